The Morgan fingerprint density at radius 2 is 0.424 bits per heavy atom. The van der Waals surface area contributed by atoms with E-state index in [4.69, 9.17) is 0 Å². The van der Waals surface area contributed by atoms with Crippen molar-refractivity contribution < 1.29 is 0 Å². The van der Waals surface area contributed by atoms with E-state index in [9.17, 15) is 0 Å². The van der Waals surface area contributed by atoms with E-state index in [-0.39, 0.29) is 27.1 Å². The lowest BCUT2D eigenvalue weighted by molar-refractivity contribution is 0.0863. The van der Waals surface area contributed by atoms with Crippen molar-refractivity contribution in [1.82, 2.24) is 24.5 Å². The van der Waals surface area contributed by atoms with Crippen molar-refractivity contribution in [2.45, 2.75) is 423 Å². The Morgan fingerprint density at radius 3 is 0.736 bits per heavy atom. The minimum atomic E-state index is -0.0737. The Morgan fingerprint density at radius 1 is 0.201 bits per heavy atom. The maximum atomic E-state index is 2.83. The van der Waals surface area contributed by atoms with E-state index in [1.807, 2.05) is 0 Å². The van der Waals surface area contributed by atoms with Crippen LogP contribution in [-0.4, -0.2) is 55.3 Å². The van der Waals surface area contributed by atoms with Crippen LogP contribution in [0.3, 0.4) is 0 Å². The standard InChI is InChI=1S/C32H46N2.C27H38N2.C27H32N2.C26H36N2.C22H30N2/c1-24-14-12-13-21-29(24)34-25(2)30-32(27-17-8-4-9-18-27,28-19-10-5-11-20-28)22-23-33(30)31(34)26-15-6-3-7-16-26;2*1-20-12-10-11-17-24(20)29-21(2)25-27(3,23-15-8-5-9-16-23)18-19-28(25)26(29)22-13-6-4-7-14-22;1-19-11-7-10-16-23(19)28-20(2)24-26(3,22-14-8-9-15-22)17-18-27(24)25(28)21-12-5-4-6-13-21;1-16-10-8-9-13-19(16)24-17(2)20-22(3,4)14-15-23(20)21(24)18-11-6-5-7-12-18/h12-14,21-23,26-28,31H,3-11,15-20H2,1-2H3;10-12,17-19,22-23,26H,4-9,13-16H2,1-3H3;5,8-12,15-19,22,26H,4,6-7,13-14H2,1-3H3;7,10-11,16-18,21-22,25H,4-6,8-9,12-15H2,1-3H3;8-10,13-15,18,21H,5-7,11-12H2,1-4H3. The van der Waals surface area contributed by atoms with Crippen molar-refractivity contribution >= 4 is 28.4 Å². The molecule has 0 N–H and O–H groups in total. The van der Waals surface area contributed by atoms with Crippen molar-refractivity contribution in [2.75, 3.05) is 24.5 Å². The molecule has 25 rings (SSSR count). The van der Waals surface area contributed by atoms with E-state index in [0.717, 1.165) is 47.3 Å². The number of fused-ring (bicyclic) bond motifs is 5. The maximum absolute atomic E-state index is 2.83. The molecule has 8 unspecified atom stereocenters. The maximum Gasteiger partial charge on any atom is 0.113 e. The van der Waals surface area contributed by atoms with E-state index in [1.54, 1.807) is 22.8 Å². The van der Waals surface area contributed by atoms with Gasteiger partial charge in [-0.3, -0.25) is 0 Å². The van der Waals surface area contributed by atoms with Gasteiger partial charge in [-0.05, 0) is 309 Å². The molecule has 0 aromatic heterocycles. The molecule has 10 aliphatic heterocycles. The smallest absolute Gasteiger partial charge is 0.113 e. The van der Waals surface area contributed by atoms with Crippen molar-refractivity contribution in [3.8, 4) is 0 Å². The second-order valence-electron chi connectivity index (χ2n) is 49.9. The van der Waals surface area contributed by atoms with E-state index in [0.29, 0.717) is 36.7 Å². The number of hydrogen-bond acceptors (Lipinski definition) is 10. The molecule has 6 aromatic rings. The Kier molecular flexibility index (Phi) is 29.9. The molecule has 19 aliphatic rings. The predicted octanol–water partition coefficient (Wildman–Crippen LogP) is 35.8. The lowest BCUT2D eigenvalue weighted by atomic mass is 9.57. The minimum absolute atomic E-state index is 0.0737. The van der Waals surface area contributed by atoms with Crippen LogP contribution in [0.4, 0.5) is 28.4 Å². The van der Waals surface area contributed by atoms with Gasteiger partial charge in [-0.25, -0.2) is 0 Å². The lowest BCUT2D eigenvalue weighted by Gasteiger charge is -2.47. The number of anilines is 5. The van der Waals surface area contributed by atoms with Gasteiger partial charge >= 0.3 is 0 Å². The molecule has 10 nitrogen and oxygen atoms in total. The molecule has 768 valence electrons. The predicted molar refractivity (Wildman–Crippen MR) is 606 cm³/mol. The third kappa shape index (κ3) is 18.3. The Labute approximate surface area is 872 Å². The molecule has 0 amide bonds. The molecule has 9 aliphatic carbocycles. The molecule has 0 radical (unpaired) electrons. The third-order valence-electron chi connectivity index (χ3n) is 40.8. The highest BCUT2D eigenvalue weighted by atomic mass is 15.5. The largest absolute Gasteiger partial charge is 0.328 e. The van der Waals surface area contributed by atoms with Gasteiger partial charge in [0.15, 0.2) is 0 Å². The van der Waals surface area contributed by atoms with E-state index >= 15 is 0 Å². The zero-order chi connectivity index (χ0) is 99.3. The minimum Gasteiger partial charge on any atom is -0.328 e. The molecule has 10 heteroatoms. The fraction of sp³-hybridized carbons (Fsp3) is 0.582. The molecule has 8 atom stereocenters. The summed E-state index contributed by atoms with van der Waals surface area (Å²) in [5, 5.41) is 0. The molecule has 144 heavy (non-hydrogen) atoms. The van der Waals surface area contributed by atoms with Gasteiger partial charge in [0.2, 0.25) is 0 Å². The van der Waals surface area contributed by atoms with Crippen molar-refractivity contribution in [1.29, 1.82) is 0 Å². The number of nitrogens with zero attached hydrogens (tertiary/aromatic N) is 10. The van der Waals surface area contributed by atoms with Crippen LogP contribution in [0.15, 0.2) is 270 Å². The Hall–Kier alpha value is -9.28. The third-order valence-corrected chi connectivity index (χ3v) is 40.8. The summed E-state index contributed by atoms with van der Waals surface area (Å²) < 4.78 is 0. The summed E-state index contributed by atoms with van der Waals surface area (Å²) in [6, 6.07) is 56.0. The average Bonchev–Trinajstić information content (AvgIpc) is 1.53. The van der Waals surface area contributed by atoms with Crippen molar-refractivity contribution in [3.05, 3.63) is 303 Å². The summed E-state index contributed by atoms with van der Waals surface area (Å²) in [6.07, 6.45) is 88.9. The topological polar surface area (TPSA) is 32.4 Å². The summed E-state index contributed by atoms with van der Waals surface area (Å²) in [6.45, 7) is 35.5. The van der Waals surface area contributed by atoms with Crippen LogP contribution in [-0.2, 0) is 5.41 Å². The number of benzene rings is 6. The summed E-state index contributed by atoms with van der Waals surface area (Å²) in [5.74, 6) is 7.01. The zero-order valence-electron chi connectivity index (χ0n) is 91.9. The van der Waals surface area contributed by atoms with E-state index in [1.165, 1.54) is 379 Å². The number of aryl methyl sites for hydroxylation is 5. The first kappa shape index (κ1) is 101. The van der Waals surface area contributed by atoms with Crippen LogP contribution in [0.2, 0.25) is 0 Å². The van der Waals surface area contributed by atoms with Gasteiger partial charge < -0.3 is 49.0 Å². The zero-order valence-corrected chi connectivity index (χ0v) is 91.9. The lowest BCUT2D eigenvalue weighted by Crippen LogP contribution is -2.45. The van der Waals surface area contributed by atoms with Gasteiger partial charge in [0.1, 0.15) is 30.8 Å². The van der Waals surface area contributed by atoms with Crippen molar-refractivity contribution in [3.63, 3.8) is 0 Å². The summed E-state index contributed by atoms with van der Waals surface area (Å²) in [7, 11) is 0. The summed E-state index contributed by atoms with van der Waals surface area (Å²) in [4.78, 5) is 27.0. The number of allylic oxidation sites excluding steroid dienone is 10. The number of para-hydroxylation sites is 5. The number of hydrogen-bond donors (Lipinski definition) is 0. The highest BCUT2D eigenvalue weighted by molar-refractivity contribution is 5.69. The van der Waals surface area contributed by atoms with Gasteiger partial charge in [0.25, 0.3) is 0 Å². The second kappa shape index (κ2) is 42.8. The molecule has 0 spiro atoms. The Bertz CT molecular complexity index is 5790. The van der Waals surface area contributed by atoms with Gasteiger partial charge in [-0.15, -0.1) is 0 Å². The van der Waals surface area contributed by atoms with Crippen LogP contribution in [0, 0.1) is 110 Å². The summed E-state index contributed by atoms with van der Waals surface area (Å²) >= 11 is 0. The first-order chi connectivity index (χ1) is 70.1. The highest BCUT2D eigenvalue weighted by Crippen LogP contribution is 2.65. The fourth-order valence-corrected chi connectivity index (χ4v) is 33.7. The molecule has 9 saturated carbocycles. The fourth-order valence-electron chi connectivity index (χ4n) is 33.7. The summed E-state index contributed by atoms with van der Waals surface area (Å²) in [5.41, 5.74) is 31.5. The monoisotopic (exact) mass is 1930 g/mol. The average molecular weight is 1930 g/mol. The van der Waals surface area contributed by atoms with Crippen LogP contribution in [0.5, 0.6) is 0 Å². The quantitative estimate of drug-likeness (QED) is 0.0991. The van der Waals surface area contributed by atoms with Gasteiger partial charge in [-0.2, -0.15) is 0 Å². The first-order valence-corrected chi connectivity index (χ1v) is 59.3. The van der Waals surface area contributed by atoms with Crippen LogP contribution in [0.1, 0.15) is 385 Å². The molecular weight excluding hydrogens is 1750 g/mol. The molecule has 6 aromatic carbocycles. The van der Waals surface area contributed by atoms with Gasteiger partial charge in [0.05, 0.1) is 11.1 Å². The molecule has 10 heterocycles. The SMILES string of the molecule is CC1=C2N(C=CC2(C)C)C(C2CCCCC2)N1c1ccccc1C.CC1=C2N(C=CC2(C)C2CCCC2)C(C2CCCCC2)N1c1ccccc1C.CC1=C2N(C=CC2(C)C2CCCCC2)C(C2CCCCC2)N1c1ccccc1C.CC1=C2N(C=CC2(C)c2ccccc2)C(C2CCCCC2)N1c1ccccc1C.CC1=C2N(C=CC2(C2CCCCC2)C2CCCCC2)C(C2CCCCC2)N1c1ccccc1C. The van der Waals surface area contributed by atoms with E-state index in [2.05, 4.69) is 366 Å². The van der Waals surface area contributed by atoms with Crippen LogP contribution >= 0.6 is 0 Å². The molecule has 0 bridgehead atoms. The van der Waals surface area contributed by atoms with Gasteiger partial charge in [0, 0.05) is 132 Å². The van der Waals surface area contributed by atoms with Crippen LogP contribution < -0.4 is 24.5 Å². The van der Waals surface area contributed by atoms with E-state index < -0.39 is 0 Å². The van der Waals surface area contributed by atoms with Crippen LogP contribution in [0.25, 0.3) is 0 Å². The second-order valence-corrected chi connectivity index (χ2v) is 49.9. The number of rotatable bonds is 15. The van der Waals surface area contributed by atoms with Crippen molar-refractivity contribution in [2.24, 2.45) is 74.9 Å². The molecule has 0 saturated heterocycles. The highest BCUT2D eigenvalue weighted by Gasteiger charge is 2.60. The molecular formula is C134H182N10. The Balaban J connectivity index is 0.000000107. The first-order valence-electron chi connectivity index (χ1n) is 59.3. The van der Waals surface area contributed by atoms with Gasteiger partial charge in [-0.1, -0.05) is 346 Å². The normalized spacial score (nSPS) is 29.0. The molecule has 9 fully saturated rings.